The summed E-state index contributed by atoms with van der Waals surface area (Å²) in [6.07, 6.45) is 12.8. The third kappa shape index (κ3) is 4.57. The maximum Gasteiger partial charge on any atom is 0.181 e. The summed E-state index contributed by atoms with van der Waals surface area (Å²) in [6.45, 7) is 4.96. The Morgan fingerprint density at radius 3 is 2.30 bits per heavy atom. The number of likely N-dealkylation sites (tertiary alicyclic amines) is 1. The van der Waals surface area contributed by atoms with Crippen LogP contribution in [0.15, 0.2) is 59.6 Å². The molecule has 2 aromatic carbocycles. The fourth-order valence-electron chi connectivity index (χ4n) is 7.27. The van der Waals surface area contributed by atoms with E-state index in [4.69, 9.17) is 0 Å². The molecule has 1 aliphatic heterocycles. The van der Waals surface area contributed by atoms with E-state index in [2.05, 4.69) is 51.3 Å². The van der Waals surface area contributed by atoms with Crippen molar-refractivity contribution in [3.05, 3.63) is 65.9 Å². The molecule has 2 aliphatic carbocycles. The number of hydrogen-bond donors (Lipinski definition) is 1. The van der Waals surface area contributed by atoms with Gasteiger partial charge in [0.1, 0.15) is 0 Å². The van der Waals surface area contributed by atoms with Crippen LogP contribution in [0.5, 0.6) is 0 Å². The molecule has 1 unspecified atom stereocenters. The van der Waals surface area contributed by atoms with Crippen molar-refractivity contribution in [3.63, 3.8) is 0 Å². The van der Waals surface area contributed by atoms with Crippen molar-refractivity contribution in [1.82, 2.24) is 20.1 Å². The SMILES string of the molecule is CC1(N2CCCC2)CCc2ccc(-c3cnc4n[nH]c(-c5ccc(S(=O)(=O)C6CCCC6)cc5)c4c3)cc2CC1. The van der Waals surface area contributed by atoms with Crippen molar-refractivity contribution < 1.29 is 8.42 Å². The average Bonchev–Trinajstić information content (AvgIpc) is 3.76. The second-order valence-electron chi connectivity index (χ2n) is 12.3. The van der Waals surface area contributed by atoms with E-state index in [1.165, 1.54) is 55.5 Å². The number of aryl methyl sites for hydroxylation is 2. The van der Waals surface area contributed by atoms with E-state index in [1.807, 2.05) is 18.3 Å². The van der Waals surface area contributed by atoms with Crippen LogP contribution in [-0.2, 0) is 22.7 Å². The van der Waals surface area contributed by atoms with Crippen molar-refractivity contribution >= 4 is 20.9 Å². The second kappa shape index (κ2) is 10.1. The molecule has 1 N–H and O–H groups in total. The first-order valence-corrected chi connectivity index (χ1v) is 16.5. The van der Waals surface area contributed by atoms with Crippen molar-refractivity contribution in [2.45, 2.75) is 86.8 Å². The number of pyridine rings is 1. The number of nitrogens with one attached hydrogen (secondary N) is 1. The quantitative estimate of drug-likeness (QED) is 0.276. The molecule has 7 heteroatoms. The molecule has 2 aromatic heterocycles. The fraction of sp³-hybridized carbons (Fsp3) is 0.455. The van der Waals surface area contributed by atoms with Gasteiger partial charge in [0.15, 0.2) is 15.5 Å². The van der Waals surface area contributed by atoms with Crippen LogP contribution >= 0.6 is 0 Å². The summed E-state index contributed by atoms with van der Waals surface area (Å²) >= 11 is 0. The van der Waals surface area contributed by atoms with Crippen LogP contribution in [0.25, 0.3) is 33.4 Å². The smallest absolute Gasteiger partial charge is 0.181 e. The standard InChI is InChI=1S/C33H38N4O2S/c1-33(37-18-4-5-19-37)16-14-23-8-9-25(20-26(23)15-17-33)27-21-30-31(35-36-32(30)34-22-27)24-10-12-29(13-11-24)40(38,39)28-6-2-3-7-28/h8-13,20-22,28H,2-7,14-19H2,1H3,(H,34,35,36). The van der Waals surface area contributed by atoms with Gasteiger partial charge in [-0.15, -0.1) is 0 Å². The summed E-state index contributed by atoms with van der Waals surface area (Å²) in [5, 5.41) is 8.29. The number of nitrogens with zero attached hydrogens (tertiary/aromatic N) is 3. The maximum atomic E-state index is 13.0. The van der Waals surface area contributed by atoms with Gasteiger partial charge < -0.3 is 0 Å². The van der Waals surface area contributed by atoms with Crippen LogP contribution in [-0.4, -0.2) is 52.4 Å². The van der Waals surface area contributed by atoms with Crippen LogP contribution in [0.3, 0.4) is 0 Å². The van der Waals surface area contributed by atoms with Crippen LogP contribution < -0.4 is 0 Å². The van der Waals surface area contributed by atoms with Gasteiger partial charge in [0.2, 0.25) is 0 Å². The van der Waals surface area contributed by atoms with E-state index in [0.717, 1.165) is 60.7 Å². The highest BCUT2D eigenvalue weighted by atomic mass is 32.2. The molecule has 7 rings (SSSR count). The van der Waals surface area contributed by atoms with Gasteiger partial charge >= 0.3 is 0 Å². The van der Waals surface area contributed by atoms with E-state index in [1.54, 1.807) is 12.1 Å². The van der Waals surface area contributed by atoms with E-state index >= 15 is 0 Å². The first-order chi connectivity index (χ1) is 19.4. The first kappa shape index (κ1) is 25.9. The first-order valence-electron chi connectivity index (χ1n) is 15.0. The van der Waals surface area contributed by atoms with Gasteiger partial charge in [0.25, 0.3) is 0 Å². The number of hydrogen-bond acceptors (Lipinski definition) is 5. The maximum absolute atomic E-state index is 13.0. The Balaban J connectivity index is 1.16. The van der Waals surface area contributed by atoms with Gasteiger partial charge in [-0.05, 0) is 106 Å². The molecule has 6 nitrogen and oxygen atoms in total. The monoisotopic (exact) mass is 554 g/mol. The molecule has 0 spiro atoms. The van der Waals surface area contributed by atoms with E-state index in [0.29, 0.717) is 16.1 Å². The number of aromatic nitrogens is 3. The normalized spacial score (nSPS) is 22.5. The molecule has 1 saturated carbocycles. The molecule has 1 atom stereocenters. The molecular weight excluding hydrogens is 516 g/mol. The summed E-state index contributed by atoms with van der Waals surface area (Å²) in [7, 11) is -3.27. The van der Waals surface area contributed by atoms with Crippen molar-refractivity contribution in [1.29, 1.82) is 0 Å². The molecule has 1 saturated heterocycles. The third-order valence-corrected chi connectivity index (χ3v) is 12.2. The number of fused-ring (bicyclic) bond motifs is 2. The summed E-state index contributed by atoms with van der Waals surface area (Å²) in [4.78, 5) is 7.82. The predicted molar refractivity (Wildman–Crippen MR) is 160 cm³/mol. The van der Waals surface area contributed by atoms with Gasteiger partial charge in [0.05, 0.1) is 15.8 Å². The molecule has 40 heavy (non-hydrogen) atoms. The van der Waals surface area contributed by atoms with Crippen LogP contribution in [0.4, 0.5) is 0 Å². The molecule has 208 valence electrons. The van der Waals surface area contributed by atoms with Crippen molar-refractivity contribution in [2.24, 2.45) is 0 Å². The lowest BCUT2D eigenvalue weighted by Crippen LogP contribution is -2.44. The Bertz CT molecular complexity index is 1650. The van der Waals surface area contributed by atoms with E-state index in [9.17, 15) is 8.42 Å². The van der Waals surface area contributed by atoms with Crippen molar-refractivity contribution in [2.75, 3.05) is 13.1 Å². The number of H-pyrrole nitrogens is 1. The van der Waals surface area contributed by atoms with Gasteiger partial charge in [-0.3, -0.25) is 10.00 Å². The minimum atomic E-state index is -3.27. The lowest BCUT2D eigenvalue weighted by atomic mass is 9.90. The summed E-state index contributed by atoms with van der Waals surface area (Å²) < 4.78 is 26.1. The highest BCUT2D eigenvalue weighted by Crippen LogP contribution is 2.37. The number of benzene rings is 2. The van der Waals surface area contributed by atoms with E-state index < -0.39 is 9.84 Å². The molecule has 0 amide bonds. The average molecular weight is 555 g/mol. The summed E-state index contributed by atoms with van der Waals surface area (Å²) in [6, 6.07) is 16.4. The molecule has 2 fully saturated rings. The Labute approximate surface area is 237 Å². The molecule has 3 aliphatic rings. The summed E-state index contributed by atoms with van der Waals surface area (Å²) in [5.41, 5.74) is 7.95. The topological polar surface area (TPSA) is 79.0 Å². The third-order valence-electron chi connectivity index (χ3n) is 9.90. The molecule has 3 heterocycles. The highest BCUT2D eigenvalue weighted by molar-refractivity contribution is 7.92. The minimum Gasteiger partial charge on any atom is -0.298 e. The Morgan fingerprint density at radius 2 is 1.55 bits per heavy atom. The highest BCUT2D eigenvalue weighted by Gasteiger charge is 2.35. The second-order valence-corrected chi connectivity index (χ2v) is 14.6. The van der Waals surface area contributed by atoms with Gasteiger partial charge in [0, 0.05) is 28.2 Å². The number of aromatic amines is 1. The van der Waals surface area contributed by atoms with Gasteiger partial charge in [-0.1, -0.05) is 43.2 Å². The zero-order valence-corrected chi connectivity index (χ0v) is 24.1. The molecule has 0 bridgehead atoms. The van der Waals surface area contributed by atoms with Crippen LogP contribution in [0, 0.1) is 0 Å². The summed E-state index contributed by atoms with van der Waals surface area (Å²) in [5.74, 6) is 0. The Hall–Kier alpha value is -3.03. The lowest BCUT2D eigenvalue weighted by Gasteiger charge is -2.38. The van der Waals surface area contributed by atoms with Crippen LogP contribution in [0.2, 0.25) is 0 Å². The lowest BCUT2D eigenvalue weighted by molar-refractivity contribution is 0.118. The van der Waals surface area contributed by atoms with Crippen LogP contribution in [0.1, 0.15) is 69.4 Å². The van der Waals surface area contributed by atoms with Gasteiger partial charge in [-0.2, -0.15) is 5.10 Å². The Kier molecular flexibility index (Phi) is 6.55. The minimum absolute atomic E-state index is 0.243. The predicted octanol–water partition coefficient (Wildman–Crippen LogP) is 6.74. The van der Waals surface area contributed by atoms with E-state index in [-0.39, 0.29) is 5.25 Å². The van der Waals surface area contributed by atoms with Crippen molar-refractivity contribution in [3.8, 4) is 22.4 Å². The molecule has 0 radical (unpaired) electrons. The largest absolute Gasteiger partial charge is 0.298 e. The molecule has 4 aromatic rings. The number of rotatable bonds is 5. The zero-order valence-electron chi connectivity index (χ0n) is 23.3. The fourth-order valence-corrected chi connectivity index (χ4v) is 9.12. The Morgan fingerprint density at radius 1 is 0.850 bits per heavy atom. The number of sulfone groups is 1. The zero-order chi connectivity index (χ0) is 27.3. The van der Waals surface area contributed by atoms with Gasteiger partial charge in [-0.25, -0.2) is 13.4 Å². The molecular formula is C33H38N4O2S.